The van der Waals surface area contributed by atoms with E-state index in [0.717, 1.165) is 6.42 Å². The average molecular weight is 304 g/mol. The summed E-state index contributed by atoms with van der Waals surface area (Å²) in [6, 6.07) is 0.132. The molecule has 0 unspecified atom stereocenters. The molecule has 1 aliphatic heterocycles. The monoisotopic (exact) mass is 304 g/mol. The number of nitrogens with zero attached hydrogens (tertiary/aromatic N) is 2. The molecule has 4 nitrogen and oxygen atoms in total. The largest absolute Gasteiger partial charge is 0.246 e. The highest BCUT2D eigenvalue weighted by atomic mass is 32.2. The number of rotatable bonds is 2. The zero-order chi connectivity index (χ0) is 14.6. The van der Waals surface area contributed by atoms with Crippen molar-refractivity contribution in [3.05, 3.63) is 16.1 Å². The topological polar surface area (TPSA) is 50.3 Å². The minimum Gasteiger partial charge on any atom is -0.246 e. The van der Waals surface area contributed by atoms with E-state index in [1.807, 2.05) is 20.8 Å². The molecule has 0 N–H and O–H groups in total. The van der Waals surface area contributed by atoms with Crippen molar-refractivity contribution < 1.29 is 8.42 Å². The summed E-state index contributed by atoms with van der Waals surface area (Å²) < 4.78 is 23.8. The molecule has 2 rings (SSSR count). The summed E-state index contributed by atoms with van der Waals surface area (Å²) in [4.78, 5) is 4.33. The molecule has 1 aromatic rings. The molecule has 6 heteroatoms. The van der Waals surface area contributed by atoms with Crippen LogP contribution in [0.3, 0.4) is 0 Å². The zero-order valence-electron chi connectivity index (χ0n) is 12.4. The first kappa shape index (κ1) is 16.6. The lowest BCUT2D eigenvalue weighted by Crippen LogP contribution is -2.32. The van der Waals surface area contributed by atoms with Gasteiger partial charge in [0.1, 0.15) is 0 Å². The Morgan fingerprint density at radius 2 is 1.95 bits per heavy atom. The fraction of sp³-hybridized carbons (Fsp3) is 0.769. The van der Waals surface area contributed by atoms with Gasteiger partial charge in [-0.1, -0.05) is 13.8 Å². The van der Waals surface area contributed by atoms with Crippen molar-refractivity contribution in [3.63, 3.8) is 0 Å². The molecule has 0 bridgehead atoms. The molecule has 1 fully saturated rings. The lowest BCUT2D eigenvalue weighted by Gasteiger charge is -2.17. The van der Waals surface area contributed by atoms with E-state index in [-0.39, 0.29) is 6.04 Å². The Hall–Kier alpha value is -0.460. The fourth-order valence-corrected chi connectivity index (χ4v) is 4.44. The number of hydrogen-bond acceptors (Lipinski definition) is 4. The van der Waals surface area contributed by atoms with Crippen LogP contribution in [-0.4, -0.2) is 36.0 Å². The molecule has 110 valence electrons. The molecular weight excluding hydrogens is 280 g/mol. The standard InChI is InChI=1S/C7H11NS.C6H13NO2S/c1-5(2)7-4-9-6(3)8-7;1-6(2)7-4-3-5-10(7,8)9/h4-5H,1-3H3;6H,3-5H2,1-2H3. The van der Waals surface area contributed by atoms with Crippen LogP contribution in [0.1, 0.15) is 50.7 Å². The third-order valence-corrected chi connectivity index (χ3v) is 5.86. The molecule has 1 saturated heterocycles. The Morgan fingerprint density at radius 1 is 1.32 bits per heavy atom. The van der Waals surface area contributed by atoms with Crippen molar-refractivity contribution >= 4 is 21.4 Å². The molecule has 0 aromatic carbocycles. The van der Waals surface area contributed by atoms with Gasteiger partial charge in [-0.15, -0.1) is 11.3 Å². The molecule has 2 heterocycles. The number of aryl methyl sites for hydroxylation is 1. The van der Waals surface area contributed by atoms with Crippen LogP contribution in [0.4, 0.5) is 0 Å². The van der Waals surface area contributed by atoms with E-state index in [4.69, 9.17) is 0 Å². The van der Waals surface area contributed by atoms with Crippen LogP contribution in [0, 0.1) is 6.92 Å². The highest BCUT2D eigenvalue weighted by molar-refractivity contribution is 7.89. The van der Waals surface area contributed by atoms with Crippen LogP contribution >= 0.6 is 11.3 Å². The number of sulfonamides is 1. The molecule has 0 spiro atoms. The number of aromatic nitrogens is 1. The second-order valence-corrected chi connectivity index (χ2v) is 8.42. The third kappa shape index (κ3) is 4.85. The van der Waals surface area contributed by atoms with E-state index < -0.39 is 10.0 Å². The summed E-state index contributed by atoms with van der Waals surface area (Å²) in [5, 5.41) is 3.29. The highest BCUT2D eigenvalue weighted by Crippen LogP contribution is 2.16. The normalized spacial score (nSPS) is 18.7. The SMILES string of the molecule is CC(C)N1CCCS1(=O)=O.Cc1nc(C(C)C)cs1. The number of hydrogen-bond donors (Lipinski definition) is 0. The van der Waals surface area contributed by atoms with Crippen LogP contribution < -0.4 is 0 Å². The van der Waals surface area contributed by atoms with Crippen LogP contribution in [0.2, 0.25) is 0 Å². The van der Waals surface area contributed by atoms with Gasteiger partial charge < -0.3 is 0 Å². The summed E-state index contributed by atoms with van der Waals surface area (Å²) in [5.41, 5.74) is 1.22. The van der Waals surface area contributed by atoms with Crippen LogP contribution in [0.5, 0.6) is 0 Å². The first-order chi connectivity index (χ1) is 8.74. The van der Waals surface area contributed by atoms with Gasteiger partial charge in [-0.05, 0) is 33.1 Å². The summed E-state index contributed by atoms with van der Waals surface area (Å²) >= 11 is 1.72. The van der Waals surface area contributed by atoms with Crippen molar-refractivity contribution in [3.8, 4) is 0 Å². The zero-order valence-corrected chi connectivity index (χ0v) is 14.0. The van der Waals surface area contributed by atoms with E-state index in [0.29, 0.717) is 18.2 Å². The van der Waals surface area contributed by atoms with Crippen molar-refractivity contribution in [2.24, 2.45) is 0 Å². The maximum atomic E-state index is 11.1. The van der Waals surface area contributed by atoms with E-state index in [1.54, 1.807) is 15.6 Å². The van der Waals surface area contributed by atoms with E-state index in [9.17, 15) is 8.42 Å². The minimum atomic E-state index is -2.85. The second kappa shape index (κ2) is 6.81. The van der Waals surface area contributed by atoms with Gasteiger partial charge in [0.15, 0.2) is 0 Å². The summed E-state index contributed by atoms with van der Waals surface area (Å²) in [7, 11) is -2.85. The maximum Gasteiger partial charge on any atom is 0.214 e. The molecule has 0 atom stereocenters. The molecule has 0 saturated carbocycles. The highest BCUT2D eigenvalue weighted by Gasteiger charge is 2.29. The second-order valence-electron chi connectivity index (χ2n) is 5.32. The third-order valence-electron chi connectivity index (χ3n) is 2.94. The van der Waals surface area contributed by atoms with Crippen LogP contribution in [0.25, 0.3) is 0 Å². The van der Waals surface area contributed by atoms with Crippen LogP contribution in [0.15, 0.2) is 5.38 Å². The number of thiazole rings is 1. The van der Waals surface area contributed by atoms with E-state index in [1.165, 1.54) is 10.7 Å². The molecule has 1 aromatic heterocycles. The maximum absolute atomic E-state index is 11.1. The smallest absolute Gasteiger partial charge is 0.214 e. The Bertz CT molecular complexity index is 492. The predicted octanol–water partition coefficient (Wildman–Crippen LogP) is 3.01. The Kier molecular flexibility index (Phi) is 5.95. The first-order valence-corrected chi connectivity index (χ1v) is 9.14. The van der Waals surface area contributed by atoms with Crippen molar-refractivity contribution in [2.75, 3.05) is 12.3 Å². The summed E-state index contributed by atoms with van der Waals surface area (Å²) in [6.45, 7) is 10.9. The lowest BCUT2D eigenvalue weighted by molar-refractivity contribution is 0.381. The van der Waals surface area contributed by atoms with Gasteiger partial charge >= 0.3 is 0 Å². The van der Waals surface area contributed by atoms with Crippen molar-refractivity contribution in [1.82, 2.24) is 9.29 Å². The van der Waals surface area contributed by atoms with E-state index in [2.05, 4.69) is 24.2 Å². The van der Waals surface area contributed by atoms with Gasteiger partial charge in [-0.3, -0.25) is 0 Å². The average Bonchev–Trinajstić information content (AvgIpc) is 2.84. The summed E-state index contributed by atoms with van der Waals surface area (Å²) in [6.07, 6.45) is 0.792. The van der Waals surface area contributed by atoms with Gasteiger partial charge in [-0.25, -0.2) is 13.4 Å². The van der Waals surface area contributed by atoms with Gasteiger partial charge in [0.05, 0.1) is 16.5 Å². The van der Waals surface area contributed by atoms with Crippen molar-refractivity contribution in [1.29, 1.82) is 0 Å². The van der Waals surface area contributed by atoms with Gasteiger partial charge in [-0.2, -0.15) is 4.31 Å². The van der Waals surface area contributed by atoms with Crippen LogP contribution in [-0.2, 0) is 10.0 Å². The van der Waals surface area contributed by atoms with Gasteiger partial charge in [0, 0.05) is 18.0 Å². The fourth-order valence-electron chi connectivity index (χ4n) is 1.88. The molecule has 0 aliphatic carbocycles. The molecule has 1 aliphatic rings. The molecule has 19 heavy (non-hydrogen) atoms. The van der Waals surface area contributed by atoms with Gasteiger partial charge in [0.25, 0.3) is 0 Å². The van der Waals surface area contributed by atoms with Crippen molar-refractivity contribution in [2.45, 2.75) is 53.0 Å². The van der Waals surface area contributed by atoms with E-state index >= 15 is 0 Å². The van der Waals surface area contributed by atoms with Gasteiger partial charge in [0.2, 0.25) is 10.0 Å². The predicted molar refractivity (Wildman–Crippen MR) is 81.2 cm³/mol. The Balaban J connectivity index is 0.000000191. The molecular formula is C13H24N2O2S2. The summed E-state index contributed by atoms with van der Waals surface area (Å²) in [5.74, 6) is 0.917. The Morgan fingerprint density at radius 3 is 2.16 bits per heavy atom. The first-order valence-electron chi connectivity index (χ1n) is 6.65. The lowest BCUT2D eigenvalue weighted by atomic mass is 10.2. The quantitative estimate of drug-likeness (QED) is 0.844. The molecule has 0 radical (unpaired) electrons. The Labute approximate surface area is 120 Å². The molecule has 0 amide bonds. The minimum absolute atomic E-state index is 0.132.